The van der Waals surface area contributed by atoms with Crippen LogP contribution in [0.1, 0.15) is 0 Å². The molecule has 2 aromatic rings. The molecule has 1 aromatic heterocycles. The first-order valence-corrected chi connectivity index (χ1v) is 7.17. The van der Waals surface area contributed by atoms with Crippen molar-refractivity contribution in [3.63, 3.8) is 0 Å². The summed E-state index contributed by atoms with van der Waals surface area (Å²) in [6, 6.07) is 4.86. The Morgan fingerprint density at radius 3 is 2.94 bits per heavy atom. The van der Waals surface area contributed by atoms with Gasteiger partial charge in [0.05, 0.1) is 11.7 Å². The highest BCUT2D eigenvalue weighted by atomic mass is 35.5. The highest BCUT2D eigenvalue weighted by Crippen LogP contribution is 2.20. The summed E-state index contributed by atoms with van der Waals surface area (Å²) in [6.45, 7) is 0.192. The number of alkyl halides is 1. The van der Waals surface area contributed by atoms with Gasteiger partial charge >= 0.3 is 0 Å². The van der Waals surface area contributed by atoms with Crippen LogP contribution in [0.3, 0.4) is 0 Å². The van der Waals surface area contributed by atoms with E-state index < -0.39 is 10.0 Å². The van der Waals surface area contributed by atoms with E-state index in [2.05, 4.69) is 13.5 Å². The van der Waals surface area contributed by atoms with Gasteiger partial charge in [0.15, 0.2) is 0 Å². The van der Waals surface area contributed by atoms with Gasteiger partial charge in [0.25, 0.3) is 0 Å². The van der Waals surface area contributed by atoms with Crippen LogP contribution < -0.4 is 4.72 Å². The molecule has 0 spiro atoms. The highest BCUT2D eigenvalue weighted by molar-refractivity contribution is 7.89. The molecule has 1 N–H and O–H groups in total. The van der Waals surface area contributed by atoms with Crippen molar-refractivity contribution in [3.05, 3.63) is 18.2 Å². The smallest absolute Gasteiger partial charge is 0.210 e. The summed E-state index contributed by atoms with van der Waals surface area (Å²) in [5.41, 5.74) is 0.980. The molecule has 0 unspecified atom stereocenters. The van der Waals surface area contributed by atoms with E-state index >= 15 is 0 Å². The molecule has 1 aromatic carbocycles. The number of rotatable bonds is 4. The number of halogens is 1. The fourth-order valence-corrected chi connectivity index (χ4v) is 3.25. The van der Waals surface area contributed by atoms with E-state index in [0.717, 1.165) is 11.7 Å². The minimum atomic E-state index is -3.55. The molecule has 2 rings (SSSR count). The molecule has 0 atom stereocenters. The number of hydrogen-bond donors (Lipinski definition) is 1. The zero-order chi connectivity index (χ0) is 11.6. The monoisotopic (exact) mass is 277 g/mol. The SMILES string of the molecule is O=S(=O)(NCCCl)c1cccc2nsnc12. The van der Waals surface area contributed by atoms with E-state index in [9.17, 15) is 8.42 Å². The standard InChI is InChI=1S/C8H8ClN3O2S2/c9-4-5-10-16(13,14)7-3-1-2-6-8(7)12-15-11-6/h1-3,10H,4-5H2. The Morgan fingerprint density at radius 2 is 2.19 bits per heavy atom. The quantitative estimate of drug-likeness (QED) is 0.853. The van der Waals surface area contributed by atoms with E-state index in [1.807, 2.05) is 0 Å². The molecular formula is C8H8ClN3O2S2. The van der Waals surface area contributed by atoms with Crippen LogP contribution in [0.2, 0.25) is 0 Å². The topological polar surface area (TPSA) is 72.0 Å². The van der Waals surface area contributed by atoms with Crippen LogP contribution in [0.25, 0.3) is 11.0 Å². The summed E-state index contributed by atoms with van der Waals surface area (Å²) >= 11 is 6.43. The average Bonchev–Trinajstić information content (AvgIpc) is 2.73. The Labute approximate surface area is 102 Å². The Morgan fingerprint density at radius 1 is 1.38 bits per heavy atom. The van der Waals surface area contributed by atoms with Crippen molar-refractivity contribution >= 4 is 44.4 Å². The van der Waals surface area contributed by atoms with Crippen molar-refractivity contribution in [2.75, 3.05) is 12.4 Å². The molecule has 0 saturated carbocycles. The lowest BCUT2D eigenvalue weighted by atomic mass is 10.3. The third kappa shape index (κ3) is 2.17. The van der Waals surface area contributed by atoms with Gasteiger partial charge in [0.1, 0.15) is 15.9 Å². The maximum Gasteiger partial charge on any atom is 0.242 e. The first-order valence-electron chi connectivity index (χ1n) is 4.42. The van der Waals surface area contributed by atoms with Crippen LogP contribution >= 0.6 is 23.3 Å². The van der Waals surface area contributed by atoms with Crippen molar-refractivity contribution in [1.29, 1.82) is 0 Å². The Kier molecular flexibility index (Phi) is 3.38. The predicted octanol–water partition coefficient (Wildman–Crippen LogP) is 1.21. The summed E-state index contributed by atoms with van der Waals surface area (Å²) in [7, 11) is -3.55. The van der Waals surface area contributed by atoms with Gasteiger partial charge in [-0.25, -0.2) is 13.1 Å². The molecular weight excluding hydrogens is 270 g/mol. The number of sulfonamides is 1. The largest absolute Gasteiger partial charge is 0.242 e. The van der Waals surface area contributed by atoms with E-state index in [1.54, 1.807) is 12.1 Å². The number of hydrogen-bond acceptors (Lipinski definition) is 5. The minimum absolute atomic E-state index is 0.142. The number of aromatic nitrogens is 2. The average molecular weight is 278 g/mol. The van der Waals surface area contributed by atoms with Crippen LogP contribution in [0.5, 0.6) is 0 Å². The fraction of sp³-hybridized carbons (Fsp3) is 0.250. The maximum atomic E-state index is 11.9. The number of fused-ring (bicyclic) bond motifs is 1. The summed E-state index contributed by atoms with van der Waals surface area (Å²) in [5, 5.41) is 0. The second kappa shape index (κ2) is 4.62. The molecule has 0 saturated heterocycles. The molecule has 0 aliphatic carbocycles. The molecule has 0 bridgehead atoms. The van der Waals surface area contributed by atoms with Crippen LogP contribution in [-0.2, 0) is 10.0 Å². The molecule has 86 valence electrons. The Hall–Kier alpha value is -0.760. The lowest BCUT2D eigenvalue weighted by Crippen LogP contribution is -2.25. The van der Waals surface area contributed by atoms with Gasteiger partial charge in [-0.15, -0.1) is 11.6 Å². The van der Waals surface area contributed by atoms with Crippen LogP contribution in [-0.4, -0.2) is 29.6 Å². The van der Waals surface area contributed by atoms with Crippen molar-refractivity contribution < 1.29 is 8.42 Å². The second-order valence-electron chi connectivity index (χ2n) is 2.97. The molecule has 1 heterocycles. The normalized spacial score (nSPS) is 12.1. The van der Waals surface area contributed by atoms with E-state index in [-0.39, 0.29) is 17.3 Å². The van der Waals surface area contributed by atoms with E-state index in [0.29, 0.717) is 11.0 Å². The van der Waals surface area contributed by atoms with Crippen LogP contribution in [0.15, 0.2) is 23.1 Å². The zero-order valence-electron chi connectivity index (χ0n) is 8.05. The van der Waals surface area contributed by atoms with Crippen molar-refractivity contribution in [1.82, 2.24) is 13.5 Å². The molecule has 0 aliphatic heterocycles. The van der Waals surface area contributed by atoms with Crippen molar-refractivity contribution in [2.45, 2.75) is 4.90 Å². The molecule has 0 aliphatic rings. The lowest BCUT2D eigenvalue weighted by molar-refractivity contribution is 0.585. The number of benzene rings is 1. The van der Waals surface area contributed by atoms with Gasteiger partial charge in [-0.2, -0.15) is 8.75 Å². The zero-order valence-corrected chi connectivity index (χ0v) is 10.4. The molecule has 16 heavy (non-hydrogen) atoms. The predicted molar refractivity (Wildman–Crippen MR) is 63.3 cm³/mol. The van der Waals surface area contributed by atoms with Gasteiger partial charge in [0.2, 0.25) is 10.0 Å². The van der Waals surface area contributed by atoms with Crippen LogP contribution in [0, 0.1) is 0 Å². The molecule has 0 radical (unpaired) electrons. The Balaban J connectivity index is 2.50. The first-order chi connectivity index (χ1) is 7.65. The van der Waals surface area contributed by atoms with Crippen molar-refractivity contribution in [2.24, 2.45) is 0 Å². The van der Waals surface area contributed by atoms with Crippen LogP contribution in [0.4, 0.5) is 0 Å². The highest BCUT2D eigenvalue weighted by Gasteiger charge is 2.18. The molecule has 0 fully saturated rings. The number of nitrogens with zero attached hydrogens (tertiary/aromatic N) is 2. The first kappa shape index (κ1) is 11.7. The van der Waals surface area contributed by atoms with Gasteiger partial charge in [-0.05, 0) is 12.1 Å². The van der Waals surface area contributed by atoms with Gasteiger partial charge in [-0.3, -0.25) is 0 Å². The molecule has 0 amide bonds. The van der Waals surface area contributed by atoms with Crippen molar-refractivity contribution in [3.8, 4) is 0 Å². The molecule has 5 nitrogen and oxygen atoms in total. The van der Waals surface area contributed by atoms with E-state index in [4.69, 9.17) is 11.6 Å². The summed E-state index contributed by atoms with van der Waals surface area (Å²) in [4.78, 5) is 0.142. The third-order valence-corrected chi connectivity index (χ3v) is 4.15. The van der Waals surface area contributed by atoms with E-state index in [1.165, 1.54) is 6.07 Å². The number of nitrogens with one attached hydrogen (secondary N) is 1. The lowest BCUT2D eigenvalue weighted by Gasteiger charge is -2.04. The van der Waals surface area contributed by atoms with Gasteiger partial charge < -0.3 is 0 Å². The fourth-order valence-electron chi connectivity index (χ4n) is 1.25. The minimum Gasteiger partial charge on any atom is -0.210 e. The molecule has 8 heteroatoms. The van der Waals surface area contributed by atoms with Gasteiger partial charge in [-0.1, -0.05) is 6.07 Å². The third-order valence-electron chi connectivity index (χ3n) is 1.93. The summed E-state index contributed by atoms with van der Waals surface area (Å²) in [5.74, 6) is 0.227. The maximum absolute atomic E-state index is 11.9. The summed E-state index contributed by atoms with van der Waals surface area (Å²) < 4.78 is 34.1. The second-order valence-corrected chi connectivity index (χ2v) is 5.62. The Bertz CT molecular complexity index is 596. The van der Waals surface area contributed by atoms with Gasteiger partial charge in [0, 0.05) is 12.4 Å². The summed E-state index contributed by atoms with van der Waals surface area (Å²) in [6.07, 6.45) is 0.